The summed E-state index contributed by atoms with van der Waals surface area (Å²) in [5.41, 5.74) is 0. The van der Waals surface area contributed by atoms with E-state index in [-0.39, 0.29) is 50.1 Å². The highest BCUT2D eigenvalue weighted by Gasteiger charge is 1.93. The number of carbonyl (C=O) groups excluding carboxylic acids is 2. The lowest BCUT2D eigenvalue weighted by Gasteiger charge is -2.05. The van der Waals surface area contributed by atoms with Crippen molar-refractivity contribution in [3.63, 3.8) is 0 Å². The Labute approximate surface area is 105 Å². The molecule has 0 amide bonds. The molecule has 0 saturated carbocycles. The first-order valence-corrected chi connectivity index (χ1v) is 3.55. The number of carbonyl (C=O) groups is 2. The fourth-order valence-corrected chi connectivity index (χ4v) is 0.376. The van der Waals surface area contributed by atoms with E-state index in [1.165, 1.54) is 13.8 Å². The zero-order valence-corrected chi connectivity index (χ0v) is 7.57. The van der Waals surface area contributed by atoms with Gasteiger partial charge in [-0.15, -0.1) is 0 Å². The van der Waals surface area contributed by atoms with Gasteiger partial charge in [0.2, 0.25) is 0 Å². The summed E-state index contributed by atoms with van der Waals surface area (Å²) in [6.45, 7) is 2.09. The number of hydrogen-bond acceptors (Lipinski definition) is 6. The summed E-state index contributed by atoms with van der Waals surface area (Å²) in [4.78, 5) is 20.4. The minimum absolute atomic E-state index is 0. The molecule has 108 valence electrons. The van der Waals surface area contributed by atoms with Crippen LogP contribution in [-0.2, 0) is 28.5 Å². The van der Waals surface area contributed by atoms with Gasteiger partial charge in [0.15, 0.2) is 20.4 Å². The van der Waals surface area contributed by atoms with Gasteiger partial charge >= 0.3 is 11.9 Å². The minimum Gasteiger partial charge on any atom is -0.439 e. The second-order valence-corrected chi connectivity index (χ2v) is 2.03. The van der Waals surface area contributed by atoms with Crippen LogP contribution in [-0.4, -0.2) is 32.3 Å². The first-order valence-electron chi connectivity index (χ1n) is 3.55. The highest BCUT2D eigenvalue weighted by molar-refractivity contribution is 5.66. The molecule has 0 spiro atoms. The Morgan fingerprint density at radius 2 is 1.00 bits per heavy atom. The second kappa shape index (κ2) is 20.3. The maximum absolute atomic E-state index is 10.2. The summed E-state index contributed by atoms with van der Waals surface area (Å²) < 4.78 is 18.2. The monoisotopic (exact) mass is 256 g/mol. The van der Waals surface area contributed by atoms with Crippen molar-refractivity contribution in [3.05, 3.63) is 0 Å². The van der Waals surface area contributed by atoms with Gasteiger partial charge in [-0.25, -0.2) is 0 Å². The molecule has 0 aliphatic rings. The van der Waals surface area contributed by atoms with Crippen LogP contribution in [0.1, 0.15) is 43.6 Å². The summed E-state index contributed by atoms with van der Waals surface area (Å²) >= 11 is 0. The molecule has 0 atom stereocenters. The Hall–Kier alpha value is -1.14. The second-order valence-electron chi connectivity index (χ2n) is 2.03. The van der Waals surface area contributed by atoms with E-state index in [1.807, 2.05) is 0 Å². The average molecular weight is 256 g/mol. The summed E-state index contributed by atoms with van der Waals surface area (Å²) in [6, 6.07) is 0. The Bertz CT molecular complexity index is 151. The van der Waals surface area contributed by atoms with Crippen LogP contribution in [0, 0.1) is 0 Å². The maximum atomic E-state index is 10.2. The van der Waals surface area contributed by atoms with E-state index in [9.17, 15) is 9.59 Å². The molecule has 6 nitrogen and oxygen atoms in total. The van der Waals surface area contributed by atoms with E-state index in [4.69, 9.17) is 0 Å². The van der Waals surface area contributed by atoms with Crippen LogP contribution in [0.4, 0.5) is 0 Å². The third-order valence-corrected chi connectivity index (χ3v) is 0.858. The Morgan fingerprint density at radius 1 is 0.706 bits per heavy atom. The molecule has 0 aromatic heterocycles. The van der Waals surface area contributed by atoms with E-state index in [0.29, 0.717) is 0 Å². The topological polar surface area (TPSA) is 71.1 Å². The first kappa shape index (κ1) is 29.7. The molecular formula is C11H28O6. The van der Waals surface area contributed by atoms with Crippen molar-refractivity contribution in [2.24, 2.45) is 0 Å². The van der Waals surface area contributed by atoms with Gasteiger partial charge < -0.3 is 18.9 Å². The van der Waals surface area contributed by atoms with Gasteiger partial charge in [-0.1, -0.05) is 29.7 Å². The normalized spacial score (nSPS) is 7.18. The van der Waals surface area contributed by atoms with Crippen molar-refractivity contribution >= 4 is 11.9 Å². The van der Waals surface area contributed by atoms with Crippen LogP contribution in [0.3, 0.4) is 0 Å². The molecule has 0 radical (unpaired) electrons. The van der Waals surface area contributed by atoms with Crippen molar-refractivity contribution in [2.45, 2.75) is 43.6 Å². The molecule has 0 bridgehead atoms. The number of esters is 2. The molecule has 0 aromatic carbocycles. The highest BCUT2D eigenvalue weighted by atomic mass is 16.8. The molecule has 0 aliphatic heterocycles. The maximum Gasteiger partial charge on any atom is 0.304 e. The molecule has 0 N–H and O–H groups in total. The van der Waals surface area contributed by atoms with Gasteiger partial charge in [-0.2, -0.15) is 0 Å². The van der Waals surface area contributed by atoms with Gasteiger partial charge in [0.1, 0.15) is 0 Å². The first-order chi connectivity index (χ1) is 6.13. The fraction of sp³-hybridized carbons (Fsp3) is 0.818. The van der Waals surface area contributed by atoms with Gasteiger partial charge in [-0.3, -0.25) is 9.59 Å². The SMILES string of the molecule is C.C.C.C.CC(=O)OCOCOCOC(C)=O. The van der Waals surface area contributed by atoms with Crippen molar-refractivity contribution in [2.75, 3.05) is 20.4 Å². The van der Waals surface area contributed by atoms with E-state index in [0.717, 1.165) is 0 Å². The fourth-order valence-electron chi connectivity index (χ4n) is 0.376. The van der Waals surface area contributed by atoms with Crippen LogP contribution < -0.4 is 0 Å². The Morgan fingerprint density at radius 3 is 1.24 bits per heavy atom. The Balaban J connectivity index is -0.000000120. The smallest absolute Gasteiger partial charge is 0.304 e. The average Bonchev–Trinajstić information content (AvgIpc) is 2.01. The number of hydrogen-bond donors (Lipinski definition) is 0. The van der Waals surface area contributed by atoms with Crippen molar-refractivity contribution < 1.29 is 28.5 Å². The van der Waals surface area contributed by atoms with E-state index in [2.05, 4.69) is 18.9 Å². The molecule has 0 unspecified atom stereocenters. The predicted molar refractivity (Wildman–Crippen MR) is 67.2 cm³/mol. The molecule has 0 fully saturated rings. The van der Waals surface area contributed by atoms with Crippen LogP contribution in [0.25, 0.3) is 0 Å². The van der Waals surface area contributed by atoms with Crippen LogP contribution >= 0.6 is 0 Å². The molecule has 0 aromatic rings. The lowest BCUT2D eigenvalue weighted by atomic mass is 10.8. The molecule has 0 saturated heterocycles. The van der Waals surface area contributed by atoms with Crippen LogP contribution in [0.15, 0.2) is 0 Å². The van der Waals surface area contributed by atoms with E-state index < -0.39 is 11.9 Å². The third kappa shape index (κ3) is 31.3. The van der Waals surface area contributed by atoms with Crippen molar-refractivity contribution in [1.29, 1.82) is 0 Å². The number of rotatable bonds is 6. The van der Waals surface area contributed by atoms with Crippen molar-refractivity contribution in [1.82, 2.24) is 0 Å². The lowest BCUT2D eigenvalue weighted by Crippen LogP contribution is -2.10. The molecule has 6 heteroatoms. The molecule has 0 rings (SSSR count). The van der Waals surface area contributed by atoms with Crippen LogP contribution in [0.2, 0.25) is 0 Å². The van der Waals surface area contributed by atoms with Gasteiger partial charge in [0.25, 0.3) is 0 Å². The Kier molecular flexibility index (Phi) is 35.4. The van der Waals surface area contributed by atoms with Gasteiger partial charge in [-0.05, 0) is 0 Å². The number of ether oxygens (including phenoxy) is 4. The van der Waals surface area contributed by atoms with E-state index in [1.54, 1.807) is 0 Å². The summed E-state index contributed by atoms with van der Waals surface area (Å²) in [5.74, 6) is -0.861. The zero-order valence-electron chi connectivity index (χ0n) is 7.57. The standard InChI is InChI=1S/C7H12O6.4CH4/c1-6(8)12-4-10-3-11-5-13-7(2)9;;;;/h3-5H2,1-2H3;4*1H4. The predicted octanol–water partition coefficient (Wildman–Crippen LogP) is 2.56. The third-order valence-electron chi connectivity index (χ3n) is 0.858. The van der Waals surface area contributed by atoms with Gasteiger partial charge in [0, 0.05) is 13.8 Å². The molecule has 0 heterocycles. The molecule has 0 aliphatic carbocycles. The largest absolute Gasteiger partial charge is 0.439 e. The summed E-state index contributed by atoms with van der Waals surface area (Å²) in [5, 5.41) is 0. The molecular weight excluding hydrogens is 228 g/mol. The highest BCUT2D eigenvalue weighted by Crippen LogP contribution is 1.83. The molecule has 17 heavy (non-hydrogen) atoms. The lowest BCUT2D eigenvalue weighted by molar-refractivity contribution is -0.184. The summed E-state index contributed by atoms with van der Waals surface area (Å²) in [7, 11) is 0. The minimum atomic E-state index is -0.431. The summed E-state index contributed by atoms with van der Waals surface area (Å²) in [6.07, 6.45) is 0. The zero-order chi connectivity index (χ0) is 10.1. The van der Waals surface area contributed by atoms with E-state index >= 15 is 0 Å². The van der Waals surface area contributed by atoms with Crippen molar-refractivity contribution in [3.8, 4) is 0 Å². The van der Waals surface area contributed by atoms with Crippen LogP contribution in [0.5, 0.6) is 0 Å². The quantitative estimate of drug-likeness (QED) is 0.413. The van der Waals surface area contributed by atoms with Gasteiger partial charge in [0.05, 0.1) is 0 Å².